The lowest BCUT2D eigenvalue weighted by Crippen LogP contribution is -2.66. The summed E-state index contributed by atoms with van der Waals surface area (Å²) < 4.78 is 12.0. The Bertz CT molecular complexity index is 1940. The van der Waals surface area contributed by atoms with Gasteiger partial charge in [0.2, 0.25) is 0 Å². The standard InChI is InChI=1S/C47H65ClN2O5S/c1-27(2)36-31(51)25-47(39-50-49-38(56-39)28-13-15-29(48)16-14-28)24-23-45(11)30(37(36)47)17-18-33-44(10)21-20-34(43(8,9)32(44)19-22-46(33,45)12)54-35(52)26-42(6,7)40(53)55-41(3,4)5/h13-16,27,30,32-34H,17-26H2,1-12H3/t30-,32+,33-,34+,44+,45-,46-,47-/m1/s1. The van der Waals surface area contributed by atoms with Gasteiger partial charge in [-0.25, -0.2) is 0 Å². The highest BCUT2D eigenvalue weighted by molar-refractivity contribution is 7.14. The van der Waals surface area contributed by atoms with E-state index in [9.17, 15) is 14.4 Å². The SMILES string of the molecule is CC(C)C1=C2[C@H]3CC[C@@H]4[C@@]5(C)CC[C@H](OC(=O)CC(C)(C)C(=O)OC(C)(C)C)C(C)(C)[C@@H]5CC[C@@]4(C)[C@]3(C)CC[C@@]2(c2nnc(-c3ccc(Cl)cc3)s2)CC1=O. The van der Waals surface area contributed by atoms with Crippen LogP contribution in [-0.2, 0) is 29.3 Å². The van der Waals surface area contributed by atoms with E-state index in [1.807, 2.05) is 45.0 Å². The molecule has 1 aromatic carbocycles. The molecule has 4 saturated carbocycles. The number of ether oxygens (including phenoxy) is 2. The van der Waals surface area contributed by atoms with Crippen molar-refractivity contribution in [1.82, 2.24) is 10.2 Å². The lowest BCUT2D eigenvalue weighted by Gasteiger charge is -2.72. The molecule has 0 spiro atoms. The highest BCUT2D eigenvalue weighted by Gasteiger charge is 2.70. The van der Waals surface area contributed by atoms with Crippen molar-refractivity contribution >= 4 is 40.7 Å². The molecular formula is C47H65ClN2O5S. The summed E-state index contributed by atoms with van der Waals surface area (Å²) in [4.78, 5) is 40.7. The molecule has 2 aromatic rings. The summed E-state index contributed by atoms with van der Waals surface area (Å²) in [5, 5.41) is 12.2. The number of rotatable bonds is 7. The number of hydrogen-bond acceptors (Lipinski definition) is 8. The summed E-state index contributed by atoms with van der Waals surface area (Å²) in [6, 6.07) is 7.80. The Hall–Kier alpha value is -2.58. The van der Waals surface area contributed by atoms with Gasteiger partial charge in [0.25, 0.3) is 0 Å². The van der Waals surface area contributed by atoms with Gasteiger partial charge in [-0.2, -0.15) is 0 Å². The van der Waals surface area contributed by atoms with Gasteiger partial charge < -0.3 is 9.47 Å². The van der Waals surface area contributed by atoms with Gasteiger partial charge in [-0.15, -0.1) is 10.2 Å². The summed E-state index contributed by atoms with van der Waals surface area (Å²) in [5.41, 5.74) is 1.45. The molecule has 4 fully saturated rings. The van der Waals surface area contributed by atoms with E-state index in [0.717, 1.165) is 72.5 Å². The van der Waals surface area contributed by atoms with Gasteiger partial charge >= 0.3 is 11.9 Å². The van der Waals surface area contributed by atoms with Crippen molar-refractivity contribution in [3.8, 4) is 10.6 Å². The molecule has 0 aliphatic heterocycles. The van der Waals surface area contributed by atoms with Crippen LogP contribution in [0.25, 0.3) is 10.6 Å². The molecule has 0 saturated heterocycles. The molecule has 5 aliphatic carbocycles. The van der Waals surface area contributed by atoms with Crippen LogP contribution in [-0.4, -0.2) is 39.6 Å². The minimum Gasteiger partial charge on any atom is -0.462 e. The molecule has 1 heterocycles. The van der Waals surface area contributed by atoms with Crippen molar-refractivity contribution < 1.29 is 23.9 Å². The number of fused-ring (bicyclic) bond motifs is 7. The first kappa shape index (κ1) is 41.6. The van der Waals surface area contributed by atoms with E-state index in [2.05, 4.69) is 48.5 Å². The molecule has 1 aromatic heterocycles. The molecule has 7 nitrogen and oxygen atoms in total. The van der Waals surface area contributed by atoms with E-state index in [1.54, 1.807) is 25.2 Å². The van der Waals surface area contributed by atoms with Crippen LogP contribution >= 0.6 is 22.9 Å². The molecule has 7 rings (SSSR count). The Morgan fingerprint density at radius 2 is 1.55 bits per heavy atom. The number of Topliss-reactive ketones (excluding diaryl/α,β-unsaturated/α-hetero) is 1. The average molecular weight is 806 g/mol. The van der Waals surface area contributed by atoms with Crippen molar-refractivity contribution in [2.24, 2.45) is 50.7 Å². The Morgan fingerprint density at radius 1 is 0.875 bits per heavy atom. The molecule has 5 aliphatic rings. The second-order valence-corrected chi connectivity index (χ2v) is 23.0. The third-order valence-electron chi connectivity index (χ3n) is 16.1. The van der Waals surface area contributed by atoms with E-state index in [-0.39, 0.29) is 52.0 Å². The Balaban J connectivity index is 1.16. The zero-order valence-corrected chi connectivity index (χ0v) is 37.6. The molecule has 0 bridgehead atoms. The fraction of sp³-hybridized carbons (Fsp3) is 0.723. The largest absolute Gasteiger partial charge is 0.462 e. The van der Waals surface area contributed by atoms with Gasteiger partial charge in [-0.3, -0.25) is 14.4 Å². The van der Waals surface area contributed by atoms with Crippen molar-refractivity contribution in [3.63, 3.8) is 0 Å². The van der Waals surface area contributed by atoms with E-state index in [1.165, 1.54) is 5.57 Å². The summed E-state index contributed by atoms with van der Waals surface area (Å²) in [7, 11) is 0. The number of hydrogen-bond donors (Lipinski definition) is 0. The Kier molecular flexibility index (Phi) is 10.2. The van der Waals surface area contributed by atoms with E-state index >= 15 is 0 Å². The van der Waals surface area contributed by atoms with Crippen LogP contribution in [0.3, 0.4) is 0 Å². The third kappa shape index (κ3) is 6.44. The molecule has 8 atom stereocenters. The first-order valence-corrected chi connectivity index (χ1v) is 22.4. The zero-order chi connectivity index (χ0) is 41.0. The topological polar surface area (TPSA) is 95.5 Å². The zero-order valence-electron chi connectivity index (χ0n) is 36.0. The minimum atomic E-state index is -0.972. The molecule has 0 radical (unpaired) electrons. The minimum absolute atomic E-state index is 0.00539. The first-order chi connectivity index (χ1) is 25.9. The van der Waals surface area contributed by atoms with Gasteiger partial charge in [-0.1, -0.05) is 83.5 Å². The summed E-state index contributed by atoms with van der Waals surface area (Å²) in [6.07, 6.45) is 8.48. The molecular weight excluding hydrogens is 740 g/mol. The number of nitrogens with zero attached hydrogens (tertiary/aromatic N) is 2. The van der Waals surface area contributed by atoms with Crippen LogP contribution in [0.1, 0.15) is 152 Å². The number of allylic oxidation sites excluding steroid dienone is 2. The molecule has 9 heteroatoms. The predicted molar refractivity (Wildman–Crippen MR) is 223 cm³/mol. The number of aromatic nitrogens is 2. The fourth-order valence-corrected chi connectivity index (χ4v) is 14.4. The summed E-state index contributed by atoms with van der Waals surface area (Å²) in [5.74, 6) is 0.973. The maximum atomic E-state index is 14.2. The Morgan fingerprint density at radius 3 is 2.20 bits per heavy atom. The van der Waals surface area contributed by atoms with Crippen LogP contribution in [0.2, 0.25) is 5.02 Å². The number of carbonyl (C=O) groups is 3. The number of carbonyl (C=O) groups excluding carboxylic acids is 3. The third-order valence-corrected chi connectivity index (χ3v) is 17.5. The monoisotopic (exact) mass is 804 g/mol. The van der Waals surface area contributed by atoms with E-state index < -0.39 is 16.4 Å². The van der Waals surface area contributed by atoms with Gasteiger partial charge in [0.05, 0.1) is 17.3 Å². The van der Waals surface area contributed by atoms with Crippen LogP contribution < -0.4 is 0 Å². The van der Waals surface area contributed by atoms with Crippen LogP contribution in [0, 0.1) is 50.7 Å². The lowest BCUT2D eigenvalue weighted by atomic mass is 9.33. The lowest BCUT2D eigenvalue weighted by molar-refractivity contribution is -0.232. The second kappa shape index (κ2) is 13.7. The van der Waals surface area contributed by atoms with Crippen molar-refractivity contribution in [2.75, 3.05) is 0 Å². The second-order valence-electron chi connectivity index (χ2n) is 21.6. The first-order valence-electron chi connectivity index (χ1n) is 21.2. The van der Waals surface area contributed by atoms with Gasteiger partial charge in [0.15, 0.2) is 5.78 Å². The number of ketones is 1. The maximum Gasteiger partial charge on any atom is 0.312 e. The molecule has 0 unspecified atom stereocenters. The molecule has 56 heavy (non-hydrogen) atoms. The maximum absolute atomic E-state index is 14.2. The average Bonchev–Trinajstić information content (AvgIpc) is 3.69. The van der Waals surface area contributed by atoms with Crippen LogP contribution in [0.4, 0.5) is 0 Å². The number of halogens is 1. The fourth-order valence-electron chi connectivity index (χ4n) is 13.2. The van der Waals surface area contributed by atoms with Gasteiger partial charge in [0.1, 0.15) is 21.7 Å². The smallest absolute Gasteiger partial charge is 0.312 e. The molecule has 0 N–H and O–H groups in total. The van der Waals surface area contributed by atoms with Crippen LogP contribution in [0.5, 0.6) is 0 Å². The van der Waals surface area contributed by atoms with Gasteiger partial charge in [-0.05, 0) is 149 Å². The number of esters is 2. The molecule has 0 amide bonds. The molecule has 306 valence electrons. The quantitative estimate of drug-likeness (QED) is 0.257. The summed E-state index contributed by atoms with van der Waals surface area (Å²) >= 11 is 7.87. The van der Waals surface area contributed by atoms with Crippen molar-refractivity contribution in [2.45, 2.75) is 164 Å². The normalized spacial score (nSPS) is 35.4. The van der Waals surface area contributed by atoms with Crippen LogP contribution in [0.15, 0.2) is 35.4 Å². The summed E-state index contributed by atoms with van der Waals surface area (Å²) in [6.45, 7) is 25.9. The van der Waals surface area contributed by atoms with Crippen molar-refractivity contribution in [3.05, 3.63) is 45.4 Å². The van der Waals surface area contributed by atoms with E-state index in [4.69, 9.17) is 31.3 Å². The van der Waals surface area contributed by atoms with E-state index in [0.29, 0.717) is 35.0 Å². The predicted octanol–water partition coefficient (Wildman–Crippen LogP) is 11.8. The van der Waals surface area contributed by atoms with Gasteiger partial charge in [0, 0.05) is 22.4 Å². The van der Waals surface area contributed by atoms with Crippen molar-refractivity contribution in [1.29, 1.82) is 0 Å². The Labute approximate surface area is 344 Å². The highest BCUT2D eigenvalue weighted by atomic mass is 35.5. The highest BCUT2D eigenvalue weighted by Crippen LogP contribution is 2.77. The number of benzene rings is 1.